The average molecular weight is 271 g/mol. The van der Waals surface area contributed by atoms with Gasteiger partial charge in [0.15, 0.2) is 0 Å². The molecule has 2 aromatic rings. The van der Waals surface area contributed by atoms with Gasteiger partial charge in [-0.25, -0.2) is 9.97 Å². The Morgan fingerprint density at radius 2 is 2.25 bits per heavy atom. The maximum absolute atomic E-state index is 4.70. The Morgan fingerprint density at radius 3 is 3.00 bits per heavy atom. The zero-order valence-corrected chi connectivity index (χ0v) is 12.2. The number of aryl methyl sites for hydroxylation is 2. The SMILES string of the molecule is CCCc1ncc2c(n1)CCN(Cc1ccnn1C)C2. The minimum Gasteiger partial charge on any atom is -0.293 e. The first-order chi connectivity index (χ1) is 9.76. The Kier molecular flexibility index (Phi) is 3.78. The summed E-state index contributed by atoms with van der Waals surface area (Å²) < 4.78 is 1.94. The predicted octanol–water partition coefficient (Wildman–Crippen LogP) is 1.72. The molecular formula is C15H21N5. The van der Waals surface area contributed by atoms with Gasteiger partial charge in [0.2, 0.25) is 0 Å². The summed E-state index contributed by atoms with van der Waals surface area (Å²) in [5, 5.41) is 4.22. The van der Waals surface area contributed by atoms with E-state index >= 15 is 0 Å². The first-order valence-corrected chi connectivity index (χ1v) is 7.29. The van der Waals surface area contributed by atoms with Crippen LogP contribution in [0.4, 0.5) is 0 Å². The molecule has 0 bridgehead atoms. The van der Waals surface area contributed by atoms with E-state index in [2.05, 4.69) is 28.0 Å². The smallest absolute Gasteiger partial charge is 0.128 e. The van der Waals surface area contributed by atoms with Crippen molar-refractivity contribution < 1.29 is 0 Å². The van der Waals surface area contributed by atoms with Crippen LogP contribution in [0.2, 0.25) is 0 Å². The number of aromatic nitrogens is 4. The van der Waals surface area contributed by atoms with Gasteiger partial charge in [0.05, 0.1) is 5.69 Å². The van der Waals surface area contributed by atoms with E-state index in [4.69, 9.17) is 4.98 Å². The van der Waals surface area contributed by atoms with Gasteiger partial charge < -0.3 is 0 Å². The average Bonchev–Trinajstić information content (AvgIpc) is 2.85. The van der Waals surface area contributed by atoms with Crippen LogP contribution in [0.25, 0.3) is 0 Å². The van der Waals surface area contributed by atoms with E-state index in [-0.39, 0.29) is 0 Å². The van der Waals surface area contributed by atoms with Crippen molar-refractivity contribution in [1.82, 2.24) is 24.6 Å². The summed E-state index contributed by atoms with van der Waals surface area (Å²) >= 11 is 0. The van der Waals surface area contributed by atoms with E-state index in [9.17, 15) is 0 Å². The third kappa shape index (κ3) is 2.72. The molecule has 0 radical (unpaired) electrons. The zero-order valence-electron chi connectivity index (χ0n) is 12.2. The largest absolute Gasteiger partial charge is 0.293 e. The van der Waals surface area contributed by atoms with Gasteiger partial charge in [-0.1, -0.05) is 6.92 Å². The van der Waals surface area contributed by atoms with E-state index in [0.717, 1.165) is 44.7 Å². The predicted molar refractivity (Wildman–Crippen MR) is 77.1 cm³/mol. The Labute approximate surface area is 119 Å². The molecule has 0 unspecified atom stereocenters. The highest BCUT2D eigenvalue weighted by Crippen LogP contribution is 2.18. The monoisotopic (exact) mass is 271 g/mol. The Balaban J connectivity index is 1.71. The summed E-state index contributed by atoms with van der Waals surface area (Å²) in [7, 11) is 1.99. The van der Waals surface area contributed by atoms with E-state index in [0.29, 0.717) is 0 Å². The van der Waals surface area contributed by atoms with Crippen LogP contribution in [-0.2, 0) is 33.0 Å². The highest BCUT2D eigenvalue weighted by molar-refractivity contribution is 5.21. The Bertz CT molecular complexity index is 590. The quantitative estimate of drug-likeness (QED) is 0.849. The van der Waals surface area contributed by atoms with Crippen LogP contribution < -0.4 is 0 Å². The second kappa shape index (κ2) is 5.71. The summed E-state index contributed by atoms with van der Waals surface area (Å²) in [6.45, 7) is 5.10. The standard InChI is InChI=1S/C15H21N5/c1-3-4-15-16-9-12-10-20(8-6-14(12)18-15)11-13-5-7-17-19(13)2/h5,7,9H,3-4,6,8,10-11H2,1-2H3. The van der Waals surface area contributed by atoms with Crippen LogP contribution in [0.5, 0.6) is 0 Å². The molecule has 1 aliphatic heterocycles. The lowest BCUT2D eigenvalue weighted by molar-refractivity contribution is 0.236. The fourth-order valence-corrected chi connectivity index (χ4v) is 2.68. The van der Waals surface area contributed by atoms with Crippen LogP contribution in [-0.4, -0.2) is 31.2 Å². The molecule has 0 atom stereocenters. The Morgan fingerprint density at radius 1 is 1.35 bits per heavy atom. The molecule has 106 valence electrons. The highest BCUT2D eigenvalue weighted by atomic mass is 15.3. The van der Waals surface area contributed by atoms with Crippen LogP contribution in [0.3, 0.4) is 0 Å². The minimum absolute atomic E-state index is 0.937. The molecule has 5 nitrogen and oxygen atoms in total. The fourth-order valence-electron chi connectivity index (χ4n) is 2.68. The zero-order chi connectivity index (χ0) is 13.9. The number of fused-ring (bicyclic) bond motifs is 1. The van der Waals surface area contributed by atoms with Gasteiger partial charge in [-0.15, -0.1) is 0 Å². The summed E-state index contributed by atoms with van der Waals surface area (Å²) in [5.74, 6) is 0.992. The summed E-state index contributed by atoms with van der Waals surface area (Å²) in [6, 6.07) is 2.08. The molecule has 0 fully saturated rings. The van der Waals surface area contributed by atoms with Gasteiger partial charge >= 0.3 is 0 Å². The summed E-state index contributed by atoms with van der Waals surface area (Å²) in [5.41, 5.74) is 3.76. The molecule has 3 heterocycles. The van der Waals surface area contributed by atoms with E-state index in [1.165, 1.54) is 17.0 Å². The summed E-state index contributed by atoms with van der Waals surface area (Å²) in [6.07, 6.45) is 6.97. The molecule has 0 N–H and O–H groups in total. The minimum atomic E-state index is 0.937. The maximum atomic E-state index is 4.70. The molecule has 2 aromatic heterocycles. The topological polar surface area (TPSA) is 46.8 Å². The number of nitrogens with zero attached hydrogens (tertiary/aromatic N) is 5. The molecular weight excluding hydrogens is 250 g/mol. The second-order valence-electron chi connectivity index (χ2n) is 5.41. The van der Waals surface area contributed by atoms with Crippen molar-refractivity contribution in [1.29, 1.82) is 0 Å². The van der Waals surface area contributed by atoms with Gasteiger partial charge in [0.25, 0.3) is 0 Å². The molecule has 0 aromatic carbocycles. The van der Waals surface area contributed by atoms with E-state index in [1.54, 1.807) is 0 Å². The summed E-state index contributed by atoms with van der Waals surface area (Å²) in [4.78, 5) is 11.6. The molecule has 0 saturated heterocycles. The molecule has 1 aliphatic rings. The Hall–Kier alpha value is -1.75. The van der Waals surface area contributed by atoms with Crippen molar-refractivity contribution in [3.05, 3.63) is 41.2 Å². The fraction of sp³-hybridized carbons (Fsp3) is 0.533. The van der Waals surface area contributed by atoms with Gasteiger partial charge in [0, 0.05) is 63.2 Å². The highest BCUT2D eigenvalue weighted by Gasteiger charge is 2.19. The number of hydrogen-bond acceptors (Lipinski definition) is 4. The third-order valence-corrected chi connectivity index (χ3v) is 3.84. The van der Waals surface area contributed by atoms with Crippen molar-refractivity contribution >= 4 is 0 Å². The van der Waals surface area contributed by atoms with Gasteiger partial charge in [-0.2, -0.15) is 5.10 Å². The molecule has 0 saturated carbocycles. The molecule has 20 heavy (non-hydrogen) atoms. The van der Waals surface area contributed by atoms with Gasteiger partial charge in [-0.3, -0.25) is 9.58 Å². The van der Waals surface area contributed by atoms with Crippen molar-refractivity contribution in [2.45, 2.75) is 39.3 Å². The molecule has 0 aliphatic carbocycles. The maximum Gasteiger partial charge on any atom is 0.128 e. The van der Waals surface area contributed by atoms with E-state index in [1.807, 2.05) is 24.1 Å². The lowest BCUT2D eigenvalue weighted by Crippen LogP contribution is -2.31. The first kappa shape index (κ1) is 13.2. The van der Waals surface area contributed by atoms with Crippen molar-refractivity contribution in [3.8, 4) is 0 Å². The molecule has 0 spiro atoms. The molecule has 0 amide bonds. The molecule has 5 heteroatoms. The lowest BCUT2D eigenvalue weighted by Gasteiger charge is -2.27. The lowest BCUT2D eigenvalue weighted by atomic mass is 10.1. The van der Waals surface area contributed by atoms with Crippen LogP contribution in [0, 0.1) is 0 Å². The van der Waals surface area contributed by atoms with E-state index < -0.39 is 0 Å². The van der Waals surface area contributed by atoms with Crippen molar-refractivity contribution in [3.63, 3.8) is 0 Å². The van der Waals surface area contributed by atoms with Crippen molar-refractivity contribution in [2.24, 2.45) is 7.05 Å². The number of rotatable bonds is 4. The first-order valence-electron chi connectivity index (χ1n) is 7.29. The van der Waals surface area contributed by atoms with Crippen LogP contribution >= 0.6 is 0 Å². The van der Waals surface area contributed by atoms with Gasteiger partial charge in [0.1, 0.15) is 5.82 Å². The van der Waals surface area contributed by atoms with Crippen LogP contribution in [0.15, 0.2) is 18.5 Å². The number of hydrogen-bond donors (Lipinski definition) is 0. The van der Waals surface area contributed by atoms with Crippen molar-refractivity contribution in [2.75, 3.05) is 6.54 Å². The second-order valence-corrected chi connectivity index (χ2v) is 5.41. The normalized spacial score (nSPS) is 15.3. The third-order valence-electron chi connectivity index (χ3n) is 3.84. The van der Waals surface area contributed by atoms with Gasteiger partial charge in [-0.05, 0) is 12.5 Å². The molecule has 3 rings (SSSR count). The van der Waals surface area contributed by atoms with Crippen LogP contribution in [0.1, 0.15) is 36.1 Å².